The molecule has 10 heteroatoms. The lowest BCUT2D eigenvalue weighted by molar-refractivity contribution is -0.156. The summed E-state index contributed by atoms with van der Waals surface area (Å²) in [5.74, 6) is -0.318. The number of carbonyl (C=O) groups excluding carboxylic acids is 3. The van der Waals surface area contributed by atoms with E-state index in [4.69, 9.17) is 4.74 Å². The number of H-pyrrole nitrogens is 2. The van der Waals surface area contributed by atoms with Crippen molar-refractivity contribution in [1.29, 1.82) is 0 Å². The number of rotatable bonds is 8. The SMILES string of the molecule is COC(=O)C1CCN(C(=O)CCc2c[nH]c3ccccc23)C2CCCCC12.O=C(O)C1CCN(C(=O)CCc2c[nH]c3ccccc23)C2CCCCC12. The van der Waals surface area contributed by atoms with Gasteiger partial charge in [0.2, 0.25) is 11.8 Å². The maximum absolute atomic E-state index is 13.0. The van der Waals surface area contributed by atoms with Gasteiger partial charge in [-0.3, -0.25) is 19.2 Å². The number of likely N-dealkylation sites (tertiary alicyclic amines) is 2. The fourth-order valence-corrected chi connectivity index (χ4v) is 10.1. The van der Waals surface area contributed by atoms with Crippen LogP contribution in [-0.2, 0) is 36.8 Å². The number of aliphatic carboxylic acids is 1. The Balaban J connectivity index is 0.000000164. The summed E-state index contributed by atoms with van der Waals surface area (Å²) in [6.07, 6.45) is 16.2. The summed E-state index contributed by atoms with van der Waals surface area (Å²) in [7, 11) is 1.47. The molecule has 0 bridgehead atoms. The van der Waals surface area contributed by atoms with Crippen LogP contribution in [0.25, 0.3) is 21.8 Å². The molecule has 3 N–H and O–H groups in total. The zero-order valence-corrected chi connectivity index (χ0v) is 30.9. The van der Waals surface area contributed by atoms with Gasteiger partial charge in [0.1, 0.15) is 0 Å². The Morgan fingerprint density at radius 2 is 1.11 bits per heavy atom. The van der Waals surface area contributed by atoms with E-state index in [9.17, 15) is 24.3 Å². The molecule has 10 nitrogen and oxygen atoms in total. The van der Waals surface area contributed by atoms with Crippen LogP contribution in [0.5, 0.6) is 0 Å². The molecule has 0 spiro atoms. The highest BCUT2D eigenvalue weighted by Gasteiger charge is 2.45. The highest BCUT2D eigenvalue weighted by atomic mass is 16.5. The van der Waals surface area contributed by atoms with Crippen molar-refractivity contribution in [1.82, 2.24) is 19.8 Å². The molecule has 8 rings (SSSR count). The molecule has 4 fully saturated rings. The molecule has 0 radical (unpaired) electrons. The maximum atomic E-state index is 13.0. The first-order valence-corrected chi connectivity index (χ1v) is 19.8. The average Bonchev–Trinajstić information content (AvgIpc) is 3.82. The lowest BCUT2D eigenvalue weighted by Crippen LogP contribution is -2.54. The van der Waals surface area contributed by atoms with Gasteiger partial charge in [-0.15, -0.1) is 0 Å². The van der Waals surface area contributed by atoms with E-state index in [0.717, 1.165) is 81.7 Å². The Hall–Kier alpha value is -4.60. The number of ether oxygens (including phenoxy) is 1. The van der Waals surface area contributed by atoms with Crippen LogP contribution in [0.2, 0.25) is 0 Å². The molecule has 6 unspecified atom stereocenters. The summed E-state index contributed by atoms with van der Waals surface area (Å²) in [6.45, 7) is 1.26. The van der Waals surface area contributed by atoms with E-state index < -0.39 is 5.97 Å². The normalized spacial score (nSPS) is 25.5. The van der Waals surface area contributed by atoms with Crippen LogP contribution < -0.4 is 0 Å². The van der Waals surface area contributed by atoms with Crippen molar-refractivity contribution in [3.8, 4) is 0 Å². The summed E-state index contributed by atoms with van der Waals surface area (Å²) in [6, 6.07) is 16.7. The van der Waals surface area contributed by atoms with Gasteiger partial charge in [0.15, 0.2) is 0 Å². The molecule has 2 saturated heterocycles. The third kappa shape index (κ3) is 7.87. The molecule has 2 aliphatic carbocycles. The first kappa shape index (κ1) is 36.7. The van der Waals surface area contributed by atoms with E-state index in [1.165, 1.54) is 29.0 Å². The molecule has 282 valence electrons. The number of carboxylic acids is 1. The second-order valence-corrected chi connectivity index (χ2v) is 15.6. The number of aryl methyl sites for hydroxylation is 2. The minimum atomic E-state index is -0.687. The second kappa shape index (κ2) is 16.6. The van der Waals surface area contributed by atoms with Crippen LogP contribution in [0.3, 0.4) is 0 Å². The molecule has 4 heterocycles. The van der Waals surface area contributed by atoms with Gasteiger partial charge in [0.25, 0.3) is 0 Å². The van der Waals surface area contributed by atoms with E-state index in [1.807, 2.05) is 47.6 Å². The molecular weight excluding hydrogens is 668 g/mol. The number of piperidine rings is 2. The third-order valence-corrected chi connectivity index (χ3v) is 12.8. The number of amides is 2. The summed E-state index contributed by atoms with van der Waals surface area (Å²) >= 11 is 0. The quantitative estimate of drug-likeness (QED) is 0.164. The molecule has 4 aliphatic rings. The maximum Gasteiger partial charge on any atom is 0.309 e. The molecule has 2 saturated carbocycles. The van der Waals surface area contributed by atoms with Crippen molar-refractivity contribution in [2.45, 2.75) is 102 Å². The average molecular weight is 723 g/mol. The highest BCUT2D eigenvalue weighted by molar-refractivity contribution is 5.85. The zero-order chi connectivity index (χ0) is 36.9. The van der Waals surface area contributed by atoms with Crippen molar-refractivity contribution < 1.29 is 29.0 Å². The van der Waals surface area contributed by atoms with Crippen molar-refractivity contribution in [2.24, 2.45) is 23.7 Å². The molecule has 2 aromatic carbocycles. The smallest absolute Gasteiger partial charge is 0.309 e. The molecule has 2 amide bonds. The number of carbonyl (C=O) groups is 4. The Morgan fingerprint density at radius 3 is 1.60 bits per heavy atom. The van der Waals surface area contributed by atoms with E-state index in [1.54, 1.807) is 0 Å². The molecule has 4 aromatic rings. The Bertz CT molecular complexity index is 1910. The number of hydrogen-bond acceptors (Lipinski definition) is 5. The largest absolute Gasteiger partial charge is 0.481 e. The number of hydrogen-bond donors (Lipinski definition) is 3. The van der Waals surface area contributed by atoms with Crippen molar-refractivity contribution in [3.05, 3.63) is 72.1 Å². The minimum Gasteiger partial charge on any atom is -0.481 e. The van der Waals surface area contributed by atoms with E-state index in [0.29, 0.717) is 32.4 Å². The van der Waals surface area contributed by atoms with Gasteiger partial charge in [-0.1, -0.05) is 62.1 Å². The monoisotopic (exact) mass is 722 g/mol. The summed E-state index contributed by atoms with van der Waals surface area (Å²) in [5, 5.41) is 11.9. The number of esters is 1. The Kier molecular flexibility index (Phi) is 11.5. The van der Waals surface area contributed by atoms with E-state index >= 15 is 0 Å². The number of nitrogens with zero attached hydrogens (tertiary/aromatic N) is 2. The predicted molar refractivity (Wildman–Crippen MR) is 204 cm³/mol. The molecule has 2 aliphatic heterocycles. The number of carboxylic acid groups (broad SMARTS) is 1. The molecule has 2 aromatic heterocycles. The first-order chi connectivity index (χ1) is 25.8. The fourth-order valence-electron chi connectivity index (χ4n) is 10.1. The van der Waals surface area contributed by atoms with Crippen LogP contribution >= 0.6 is 0 Å². The summed E-state index contributed by atoms with van der Waals surface area (Å²) in [4.78, 5) is 60.3. The number of methoxy groups -OCH3 is 1. The standard InChI is InChI=1S/C22H28N2O3.C21H26N2O3/c1-27-22(26)18-12-13-24(20-9-5-3-7-17(18)20)21(25)11-10-15-14-23-19-8-4-2-6-16(15)19;24-20(10-9-14-13-22-18-7-3-1-5-15(14)18)23-12-11-17(21(25)26)16-6-2-4-8-19(16)23/h2,4,6,8,14,17-18,20,23H,3,5,7,9-13H2,1H3;1,3,5,7,13,16-17,19,22H,2,4,6,8-12H2,(H,25,26). The first-order valence-electron chi connectivity index (χ1n) is 19.8. The number of nitrogens with one attached hydrogen (secondary N) is 2. The number of benzene rings is 2. The van der Waals surface area contributed by atoms with Crippen LogP contribution in [-0.4, -0.2) is 80.9 Å². The van der Waals surface area contributed by atoms with Gasteiger partial charge in [-0.05, 0) is 86.5 Å². The van der Waals surface area contributed by atoms with Crippen LogP contribution in [0, 0.1) is 23.7 Å². The number of aromatic nitrogens is 2. The Labute approximate surface area is 311 Å². The molecule has 53 heavy (non-hydrogen) atoms. The zero-order valence-electron chi connectivity index (χ0n) is 30.9. The fraction of sp³-hybridized carbons (Fsp3) is 0.535. The minimum absolute atomic E-state index is 0.0435. The predicted octanol–water partition coefficient (Wildman–Crippen LogP) is 7.27. The molecular formula is C43H54N4O6. The van der Waals surface area contributed by atoms with E-state index in [2.05, 4.69) is 33.1 Å². The van der Waals surface area contributed by atoms with Gasteiger partial charge in [-0.25, -0.2) is 0 Å². The highest BCUT2D eigenvalue weighted by Crippen LogP contribution is 2.41. The van der Waals surface area contributed by atoms with E-state index in [-0.39, 0.29) is 53.5 Å². The third-order valence-electron chi connectivity index (χ3n) is 12.8. The van der Waals surface area contributed by atoms with Crippen molar-refractivity contribution in [3.63, 3.8) is 0 Å². The van der Waals surface area contributed by atoms with Crippen LogP contribution in [0.15, 0.2) is 60.9 Å². The molecule has 6 atom stereocenters. The lowest BCUT2D eigenvalue weighted by Gasteiger charge is -2.47. The van der Waals surface area contributed by atoms with Crippen LogP contribution in [0.1, 0.15) is 88.2 Å². The summed E-state index contributed by atoms with van der Waals surface area (Å²) in [5.41, 5.74) is 4.59. The number of fused-ring (bicyclic) bond motifs is 4. The van der Waals surface area contributed by atoms with Crippen molar-refractivity contribution in [2.75, 3.05) is 20.2 Å². The lowest BCUT2D eigenvalue weighted by atomic mass is 9.71. The second-order valence-electron chi connectivity index (χ2n) is 15.6. The van der Waals surface area contributed by atoms with Crippen molar-refractivity contribution >= 4 is 45.6 Å². The van der Waals surface area contributed by atoms with Gasteiger partial charge in [0, 0.05) is 72.2 Å². The van der Waals surface area contributed by atoms with Crippen LogP contribution in [0.4, 0.5) is 0 Å². The van der Waals surface area contributed by atoms with Gasteiger partial charge in [-0.2, -0.15) is 0 Å². The van der Waals surface area contributed by atoms with Gasteiger partial charge < -0.3 is 29.6 Å². The number of para-hydroxylation sites is 2. The van der Waals surface area contributed by atoms with Gasteiger partial charge >= 0.3 is 11.9 Å². The Morgan fingerprint density at radius 1 is 0.660 bits per heavy atom. The topological polar surface area (TPSA) is 136 Å². The summed E-state index contributed by atoms with van der Waals surface area (Å²) < 4.78 is 5.03. The number of aromatic amines is 2. The van der Waals surface area contributed by atoms with Gasteiger partial charge in [0.05, 0.1) is 18.9 Å².